The van der Waals surface area contributed by atoms with E-state index in [1.165, 1.54) is 26.5 Å². The van der Waals surface area contributed by atoms with E-state index in [1.807, 2.05) is 38.0 Å². The average molecular weight is 314 g/mol. The Balaban J connectivity index is 0. The smallest absolute Gasteiger partial charge is 0.209 e. The number of rotatable bonds is 1. The molecule has 100 valence electrons. The number of carbonyl (C=O) groups is 1. The van der Waals surface area contributed by atoms with Gasteiger partial charge in [0, 0.05) is 42.3 Å². The molecular weight excluding hydrogens is 294 g/mol. The first-order chi connectivity index (χ1) is 7.72. The lowest BCUT2D eigenvalue weighted by atomic mass is 11.0. The minimum absolute atomic E-state index is 0.750. The van der Waals surface area contributed by atoms with Crippen LogP contribution >= 0.6 is 46.0 Å². The third kappa shape index (κ3) is 13.9. The van der Waals surface area contributed by atoms with Gasteiger partial charge in [0.2, 0.25) is 6.41 Å². The average Bonchev–Trinajstić information content (AvgIpc) is 2.25. The summed E-state index contributed by atoms with van der Waals surface area (Å²) in [5.74, 6) is 0. The van der Waals surface area contributed by atoms with Crippen molar-refractivity contribution in [3.63, 3.8) is 0 Å². The molecule has 0 aliphatic heterocycles. The van der Waals surface area contributed by atoms with Crippen LogP contribution < -0.4 is 0 Å². The van der Waals surface area contributed by atoms with Crippen LogP contribution in [0.3, 0.4) is 0 Å². The lowest BCUT2D eigenvalue weighted by Gasteiger charge is -2.15. The second-order valence-electron chi connectivity index (χ2n) is 3.56. The highest BCUT2D eigenvalue weighted by molar-refractivity contribution is 8.89. The normalized spacial score (nSPS) is 8.59. The molecule has 0 radical (unpaired) electrons. The SMILES string of the molecule is CN(C)C(=S)SSC(=S)N(C)C.CN(C)C=O. The van der Waals surface area contributed by atoms with Crippen LogP contribution in [0.4, 0.5) is 0 Å². The lowest BCUT2D eigenvalue weighted by molar-refractivity contribution is -0.115. The topological polar surface area (TPSA) is 26.8 Å². The number of hydrogen-bond acceptors (Lipinski definition) is 5. The molecule has 0 aliphatic carbocycles. The van der Waals surface area contributed by atoms with Gasteiger partial charge >= 0.3 is 0 Å². The minimum atomic E-state index is 0.750. The third-order valence-electron chi connectivity index (χ3n) is 1.13. The molecule has 0 aliphatic rings. The van der Waals surface area contributed by atoms with Crippen LogP contribution in [0, 0.1) is 0 Å². The van der Waals surface area contributed by atoms with Gasteiger partial charge < -0.3 is 14.7 Å². The van der Waals surface area contributed by atoms with Crippen LogP contribution in [0.2, 0.25) is 0 Å². The van der Waals surface area contributed by atoms with Crippen molar-refractivity contribution in [2.24, 2.45) is 0 Å². The molecule has 4 nitrogen and oxygen atoms in total. The van der Waals surface area contributed by atoms with Crippen molar-refractivity contribution in [1.29, 1.82) is 0 Å². The number of amides is 1. The maximum atomic E-state index is 9.43. The van der Waals surface area contributed by atoms with E-state index in [0.29, 0.717) is 0 Å². The maximum absolute atomic E-state index is 9.43. The third-order valence-corrected chi connectivity index (χ3v) is 5.28. The van der Waals surface area contributed by atoms with E-state index in [9.17, 15) is 4.79 Å². The Labute approximate surface area is 122 Å². The minimum Gasteiger partial charge on any atom is -0.363 e. The fourth-order valence-electron chi connectivity index (χ4n) is 0.220. The first kappa shape index (κ1) is 19.3. The molecule has 0 rings (SSSR count). The monoisotopic (exact) mass is 313 g/mol. The predicted molar refractivity (Wildman–Crippen MR) is 87.5 cm³/mol. The van der Waals surface area contributed by atoms with E-state index in [4.69, 9.17) is 24.4 Å². The second-order valence-corrected chi connectivity index (χ2v) is 6.95. The van der Waals surface area contributed by atoms with Crippen molar-refractivity contribution in [3.8, 4) is 0 Å². The van der Waals surface area contributed by atoms with Gasteiger partial charge in [-0.05, 0) is 21.6 Å². The fraction of sp³-hybridized carbons (Fsp3) is 0.667. The van der Waals surface area contributed by atoms with Gasteiger partial charge in [0.25, 0.3) is 0 Å². The first-order valence-corrected chi connectivity index (χ1v) is 7.57. The Morgan fingerprint density at radius 3 is 1.24 bits per heavy atom. The number of carbonyl (C=O) groups excluding carboxylic acids is 1. The first-order valence-electron chi connectivity index (χ1n) is 4.61. The van der Waals surface area contributed by atoms with Crippen molar-refractivity contribution in [1.82, 2.24) is 14.7 Å². The highest BCUT2D eigenvalue weighted by atomic mass is 33.1. The number of hydrogen-bond donors (Lipinski definition) is 0. The van der Waals surface area contributed by atoms with Gasteiger partial charge in [-0.25, -0.2) is 0 Å². The lowest BCUT2D eigenvalue weighted by Crippen LogP contribution is -2.18. The van der Waals surface area contributed by atoms with Crippen molar-refractivity contribution < 1.29 is 4.79 Å². The van der Waals surface area contributed by atoms with Gasteiger partial charge in [0.1, 0.15) is 8.64 Å². The van der Waals surface area contributed by atoms with E-state index in [0.717, 1.165) is 15.1 Å². The summed E-state index contributed by atoms with van der Waals surface area (Å²) in [6.45, 7) is 0. The zero-order valence-corrected chi connectivity index (χ0v) is 14.2. The van der Waals surface area contributed by atoms with Gasteiger partial charge in [-0.3, -0.25) is 4.79 Å². The molecule has 0 bridgehead atoms. The summed E-state index contributed by atoms with van der Waals surface area (Å²) in [6.07, 6.45) is 0.750. The Morgan fingerprint density at radius 2 is 1.12 bits per heavy atom. The second kappa shape index (κ2) is 11.1. The molecule has 0 saturated carbocycles. The van der Waals surface area contributed by atoms with Gasteiger partial charge in [0.05, 0.1) is 0 Å². The summed E-state index contributed by atoms with van der Waals surface area (Å²) >= 11 is 10.1. The molecule has 0 aromatic rings. The van der Waals surface area contributed by atoms with E-state index in [-0.39, 0.29) is 0 Å². The molecule has 0 aromatic carbocycles. The molecule has 0 heterocycles. The summed E-state index contributed by atoms with van der Waals surface area (Å²) in [5, 5.41) is 0. The standard InChI is InChI=1S/C6H12N2S4.C3H7NO/c1-7(2)5(9)11-12-6(10)8(3)4;1-4(2)3-5/h1-4H3;3H,1-2H3. The Hall–Kier alpha value is -0.0500. The van der Waals surface area contributed by atoms with Crippen LogP contribution in [0.1, 0.15) is 0 Å². The largest absolute Gasteiger partial charge is 0.363 e. The molecule has 8 heteroatoms. The zero-order chi connectivity index (χ0) is 14.0. The maximum Gasteiger partial charge on any atom is 0.209 e. The van der Waals surface area contributed by atoms with Gasteiger partial charge in [0.15, 0.2) is 0 Å². The van der Waals surface area contributed by atoms with Crippen molar-refractivity contribution in [2.45, 2.75) is 0 Å². The van der Waals surface area contributed by atoms with Crippen LogP contribution in [0.5, 0.6) is 0 Å². The molecule has 17 heavy (non-hydrogen) atoms. The van der Waals surface area contributed by atoms with Crippen LogP contribution in [0.15, 0.2) is 0 Å². The molecule has 0 spiro atoms. The summed E-state index contributed by atoms with van der Waals surface area (Å²) in [4.78, 5) is 14.7. The van der Waals surface area contributed by atoms with Crippen molar-refractivity contribution in [2.75, 3.05) is 42.3 Å². The van der Waals surface area contributed by atoms with Crippen molar-refractivity contribution >= 4 is 61.1 Å². The van der Waals surface area contributed by atoms with Gasteiger partial charge in [-0.2, -0.15) is 0 Å². The molecule has 1 amide bonds. The molecular formula is C9H19N3OS4. The summed E-state index contributed by atoms with van der Waals surface area (Å²) in [5.41, 5.74) is 0. The van der Waals surface area contributed by atoms with Crippen LogP contribution in [-0.4, -0.2) is 72.0 Å². The highest BCUT2D eigenvalue weighted by Gasteiger charge is 2.04. The van der Waals surface area contributed by atoms with Gasteiger partial charge in [-0.15, -0.1) is 0 Å². The zero-order valence-electron chi connectivity index (χ0n) is 11.0. The number of nitrogens with zero attached hydrogens (tertiary/aromatic N) is 3. The van der Waals surface area contributed by atoms with Crippen molar-refractivity contribution in [3.05, 3.63) is 0 Å². The Bertz CT molecular complexity index is 237. The summed E-state index contributed by atoms with van der Waals surface area (Å²) in [7, 11) is 14.1. The molecule has 0 unspecified atom stereocenters. The molecule has 0 saturated heterocycles. The number of thiocarbonyl (C=S) groups is 2. The Kier molecular flexibility index (Phi) is 12.6. The molecule has 0 N–H and O–H groups in total. The van der Waals surface area contributed by atoms with E-state index >= 15 is 0 Å². The Morgan fingerprint density at radius 1 is 0.882 bits per heavy atom. The van der Waals surface area contributed by atoms with Crippen LogP contribution in [-0.2, 0) is 4.79 Å². The van der Waals surface area contributed by atoms with E-state index in [1.54, 1.807) is 14.1 Å². The van der Waals surface area contributed by atoms with Crippen LogP contribution in [0.25, 0.3) is 0 Å². The van der Waals surface area contributed by atoms with Gasteiger partial charge in [-0.1, -0.05) is 24.4 Å². The molecule has 0 aromatic heterocycles. The quantitative estimate of drug-likeness (QED) is 0.413. The fourth-order valence-corrected chi connectivity index (χ4v) is 2.60. The molecule has 0 fully saturated rings. The predicted octanol–water partition coefficient (Wildman–Crippen LogP) is 1.77. The molecule has 0 atom stereocenters. The van der Waals surface area contributed by atoms with E-state index in [2.05, 4.69) is 0 Å². The summed E-state index contributed by atoms with van der Waals surface area (Å²) < 4.78 is 1.67. The van der Waals surface area contributed by atoms with E-state index < -0.39 is 0 Å². The summed E-state index contributed by atoms with van der Waals surface area (Å²) in [6, 6.07) is 0. The highest BCUT2D eigenvalue weighted by Crippen LogP contribution is 2.26.